The number of aromatic nitrogens is 3. The highest BCUT2D eigenvalue weighted by Gasteiger charge is 2.22. The fourth-order valence-corrected chi connectivity index (χ4v) is 2.10. The van der Waals surface area contributed by atoms with Crippen LogP contribution in [0.3, 0.4) is 0 Å². The Bertz CT molecular complexity index is 709. The second kappa shape index (κ2) is 6.43. The summed E-state index contributed by atoms with van der Waals surface area (Å²) >= 11 is 11.6. The molecule has 9 heteroatoms. The maximum atomic E-state index is 12.2. The predicted octanol–water partition coefficient (Wildman–Crippen LogP) is 1.78. The Labute approximate surface area is 136 Å². The van der Waals surface area contributed by atoms with Gasteiger partial charge >= 0.3 is 0 Å². The highest BCUT2D eigenvalue weighted by atomic mass is 35.5. The summed E-state index contributed by atoms with van der Waals surface area (Å²) < 4.78 is 5.65. The van der Waals surface area contributed by atoms with Crippen molar-refractivity contribution < 1.29 is 9.53 Å². The second-order valence-electron chi connectivity index (χ2n) is 4.61. The minimum Gasteiger partial charge on any atom is -0.469 e. The number of anilines is 1. The number of carbonyl (C=O) groups is 1. The van der Waals surface area contributed by atoms with Crippen molar-refractivity contribution in [1.29, 1.82) is 0 Å². The second-order valence-corrected chi connectivity index (χ2v) is 5.38. The Hall–Kier alpha value is -1.96. The van der Waals surface area contributed by atoms with E-state index < -0.39 is 0 Å². The van der Waals surface area contributed by atoms with E-state index in [2.05, 4.69) is 25.8 Å². The first-order valence-corrected chi connectivity index (χ1v) is 7.21. The van der Waals surface area contributed by atoms with Crippen LogP contribution in [0.15, 0.2) is 24.4 Å². The third-order valence-corrected chi connectivity index (χ3v) is 3.38. The van der Waals surface area contributed by atoms with Crippen LogP contribution in [0.2, 0.25) is 10.3 Å². The molecule has 1 aliphatic heterocycles. The van der Waals surface area contributed by atoms with Crippen LogP contribution in [-0.4, -0.2) is 40.3 Å². The number of hydrogen-bond donors (Lipinski definition) is 2. The van der Waals surface area contributed by atoms with Crippen molar-refractivity contribution in [2.75, 3.05) is 18.4 Å². The van der Waals surface area contributed by atoms with E-state index in [4.69, 9.17) is 27.9 Å². The predicted molar refractivity (Wildman–Crippen MR) is 81.5 cm³/mol. The maximum Gasteiger partial charge on any atom is 0.258 e. The van der Waals surface area contributed by atoms with Crippen LogP contribution in [0.5, 0.6) is 5.88 Å². The molecular formula is C13H11Cl2N5O2. The van der Waals surface area contributed by atoms with Crippen molar-refractivity contribution in [3.05, 3.63) is 40.3 Å². The standard InChI is InChI=1S/C13H11Cl2N5O2/c14-10-3-7(1-2-17-10)12(21)18-9-4-11(15)19-20-13(9)22-8-5-16-6-8/h1-4,8,16H,5-6H2,(H,18,19,21). The summed E-state index contributed by atoms with van der Waals surface area (Å²) in [6.07, 6.45) is 1.45. The van der Waals surface area contributed by atoms with Crippen molar-refractivity contribution >= 4 is 34.8 Å². The van der Waals surface area contributed by atoms with Crippen molar-refractivity contribution in [2.45, 2.75) is 6.10 Å². The summed E-state index contributed by atoms with van der Waals surface area (Å²) in [5.74, 6) is -0.144. The SMILES string of the molecule is O=C(Nc1cc(Cl)nnc1OC1CNC1)c1ccnc(Cl)c1. The van der Waals surface area contributed by atoms with Crippen molar-refractivity contribution in [3.8, 4) is 5.88 Å². The molecule has 2 aromatic rings. The van der Waals surface area contributed by atoms with E-state index in [-0.39, 0.29) is 28.2 Å². The largest absolute Gasteiger partial charge is 0.469 e. The van der Waals surface area contributed by atoms with Crippen LogP contribution in [-0.2, 0) is 0 Å². The molecule has 2 N–H and O–H groups in total. The van der Waals surface area contributed by atoms with Gasteiger partial charge in [-0.3, -0.25) is 4.79 Å². The molecule has 3 rings (SSSR count). The molecule has 2 aromatic heterocycles. The van der Waals surface area contributed by atoms with E-state index in [1.54, 1.807) is 6.07 Å². The molecule has 1 fully saturated rings. The van der Waals surface area contributed by atoms with Gasteiger partial charge in [0.25, 0.3) is 11.8 Å². The third-order valence-electron chi connectivity index (χ3n) is 2.99. The first-order chi connectivity index (χ1) is 10.6. The van der Waals surface area contributed by atoms with Gasteiger partial charge in [-0.1, -0.05) is 23.2 Å². The zero-order chi connectivity index (χ0) is 15.5. The zero-order valence-corrected chi connectivity index (χ0v) is 12.7. The van der Waals surface area contributed by atoms with E-state index in [1.165, 1.54) is 18.3 Å². The topological polar surface area (TPSA) is 89.0 Å². The number of ether oxygens (including phenoxy) is 1. The van der Waals surface area contributed by atoms with Gasteiger partial charge in [0.1, 0.15) is 16.9 Å². The lowest BCUT2D eigenvalue weighted by molar-refractivity contribution is 0.102. The Kier molecular flexibility index (Phi) is 4.37. The molecule has 22 heavy (non-hydrogen) atoms. The zero-order valence-electron chi connectivity index (χ0n) is 11.2. The third kappa shape index (κ3) is 3.44. The Morgan fingerprint density at radius 3 is 2.77 bits per heavy atom. The average Bonchev–Trinajstić information content (AvgIpc) is 2.44. The fraction of sp³-hybridized carbons (Fsp3) is 0.231. The molecule has 0 bridgehead atoms. The molecule has 0 saturated carbocycles. The first kappa shape index (κ1) is 15.0. The van der Waals surface area contributed by atoms with E-state index in [0.717, 1.165) is 13.1 Å². The van der Waals surface area contributed by atoms with Gasteiger partial charge in [0, 0.05) is 30.9 Å². The number of hydrogen-bond acceptors (Lipinski definition) is 6. The molecule has 0 unspecified atom stereocenters. The smallest absolute Gasteiger partial charge is 0.258 e. The molecule has 1 amide bonds. The van der Waals surface area contributed by atoms with Crippen LogP contribution >= 0.6 is 23.2 Å². The fourth-order valence-electron chi connectivity index (χ4n) is 1.77. The van der Waals surface area contributed by atoms with Crippen LogP contribution in [0, 0.1) is 0 Å². The number of rotatable bonds is 4. The van der Waals surface area contributed by atoms with Crippen molar-refractivity contribution in [3.63, 3.8) is 0 Å². The van der Waals surface area contributed by atoms with E-state index in [9.17, 15) is 4.79 Å². The quantitative estimate of drug-likeness (QED) is 0.825. The van der Waals surface area contributed by atoms with Crippen LogP contribution in [0.25, 0.3) is 0 Å². The van der Waals surface area contributed by atoms with Crippen LogP contribution < -0.4 is 15.4 Å². The van der Waals surface area contributed by atoms with Crippen molar-refractivity contribution in [2.24, 2.45) is 0 Å². The monoisotopic (exact) mass is 339 g/mol. The molecule has 0 atom stereocenters. The molecule has 1 saturated heterocycles. The Morgan fingerprint density at radius 2 is 2.09 bits per heavy atom. The molecule has 0 spiro atoms. The van der Waals surface area contributed by atoms with E-state index in [0.29, 0.717) is 11.3 Å². The van der Waals surface area contributed by atoms with Gasteiger partial charge in [0.05, 0.1) is 0 Å². The van der Waals surface area contributed by atoms with Gasteiger partial charge in [-0.15, -0.1) is 10.2 Å². The number of nitrogens with one attached hydrogen (secondary N) is 2. The lowest BCUT2D eigenvalue weighted by atomic mass is 10.2. The lowest BCUT2D eigenvalue weighted by Gasteiger charge is -2.27. The average molecular weight is 340 g/mol. The first-order valence-electron chi connectivity index (χ1n) is 6.45. The van der Waals surface area contributed by atoms with Crippen LogP contribution in [0.4, 0.5) is 5.69 Å². The summed E-state index contributed by atoms with van der Waals surface area (Å²) in [6.45, 7) is 1.44. The highest BCUT2D eigenvalue weighted by molar-refractivity contribution is 6.30. The maximum absolute atomic E-state index is 12.2. The summed E-state index contributed by atoms with van der Waals surface area (Å²) in [5.41, 5.74) is 0.717. The van der Waals surface area contributed by atoms with Crippen LogP contribution in [0.1, 0.15) is 10.4 Å². The molecule has 0 aromatic carbocycles. The van der Waals surface area contributed by atoms with Gasteiger partial charge in [-0.25, -0.2) is 4.98 Å². The summed E-state index contributed by atoms with van der Waals surface area (Å²) in [4.78, 5) is 16.1. The number of carbonyl (C=O) groups excluding carboxylic acids is 1. The molecule has 3 heterocycles. The molecule has 0 radical (unpaired) electrons. The van der Waals surface area contributed by atoms with Gasteiger partial charge in [0.2, 0.25) is 0 Å². The summed E-state index contributed by atoms with van der Waals surface area (Å²) in [7, 11) is 0. The van der Waals surface area contributed by atoms with E-state index >= 15 is 0 Å². The molecule has 7 nitrogen and oxygen atoms in total. The molecule has 114 valence electrons. The highest BCUT2D eigenvalue weighted by Crippen LogP contribution is 2.25. The summed E-state index contributed by atoms with van der Waals surface area (Å²) in [6, 6.07) is 4.49. The molecular weight excluding hydrogens is 329 g/mol. The minimum absolute atomic E-state index is 0.00139. The number of pyridine rings is 1. The number of amides is 1. The van der Waals surface area contributed by atoms with Crippen molar-refractivity contribution in [1.82, 2.24) is 20.5 Å². The van der Waals surface area contributed by atoms with Gasteiger partial charge < -0.3 is 15.4 Å². The van der Waals surface area contributed by atoms with Gasteiger partial charge in [-0.2, -0.15) is 0 Å². The minimum atomic E-state index is -0.370. The molecule has 1 aliphatic rings. The lowest BCUT2D eigenvalue weighted by Crippen LogP contribution is -2.50. The van der Waals surface area contributed by atoms with E-state index in [1.807, 2.05) is 0 Å². The number of nitrogens with zero attached hydrogens (tertiary/aromatic N) is 3. The Morgan fingerprint density at radius 1 is 1.27 bits per heavy atom. The van der Waals surface area contributed by atoms with Gasteiger partial charge in [-0.05, 0) is 12.1 Å². The Balaban J connectivity index is 1.80. The van der Waals surface area contributed by atoms with Gasteiger partial charge in [0.15, 0.2) is 5.15 Å². The summed E-state index contributed by atoms with van der Waals surface area (Å²) in [5, 5.41) is 13.8. The normalized spacial score (nSPS) is 14.3. The molecule has 0 aliphatic carbocycles. The number of halogens is 2.